The maximum Gasteiger partial charge on any atom is 0.318 e. The van der Waals surface area contributed by atoms with Crippen molar-refractivity contribution >= 4 is 35.1 Å². The second-order valence-electron chi connectivity index (χ2n) is 9.67. The summed E-state index contributed by atoms with van der Waals surface area (Å²) < 4.78 is 0. The van der Waals surface area contributed by atoms with E-state index in [9.17, 15) is 19.5 Å². The second kappa shape index (κ2) is 12.8. The maximum absolute atomic E-state index is 13.4. The Labute approximate surface area is 245 Å². The Morgan fingerprint density at radius 3 is 1.95 bits per heavy atom. The molecule has 1 unspecified atom stereocenters. The van der Waals surface area contributed by atoms with Crippen molar-refractivity contribution in [1.29, 1.82) is 0 Å². The minimum absolute atomic E-state index is 0.201. The summed E-state index contributed by atoms with van der Waals surface area (Å²) in [4.78, 5) is 41.3. The average Bonchev–Trinajstić information content (AvgIpc) is 2.99. The molecular formula is C34H33ClN2O4. The highest BCUT2D eigenvalue weighted by atomic mass is 35.5. The number of nitrogens with zero attached hydrogens (tertiary/aromatic N) is 1. The number of nitrogens with one attached hydrogen (secondary N) is 1. The van der Waals surface area contributed by atoms with Crippen LogP contribution in [-0.4, -0.2) is 40.9 Å². The largest absolute Gasteiger partial charge is 0.480 e. The van der Waals surface area contributed by atoms with E-state index in [1.54, 1.807) is 84.6 Å². The molecule has 4 aromatic carbocycles. The molecule has 0 bridgehead atoms. The first-order valence-electron chi connectivity index (χ1n) is 13.7. The number of aliphatic carboxylic acids is 1. The highest BCUT2D eigenvalue weighted by Gasteiger charge is 2.43. The van der Waals surface area contributed by atoms with Crippen LogP contribution in [0.5, 0.6) is 0 Å². The SMILES string of the molecule is CCN(CC)C(=O)c1ccccc1C(CC)(C(=O)O)c1ccc(NC(=O)c2ccccc2-c2ccc(Cl)cc2)cc1. The highest BCUT2D eigenvalue weighted by Crippen LogP contribution is 2.39. The van der Waals surface area contributed by atoms with Gasteiger partial charge in [-0.05, 0) is 78.9 Å². The Bertz CT molecular complexity index is 1550. The summed E-state index contributed by atoms with van der Waals surface area (Å²) in [6, 6.07) is 28.3. The Kier molecular flexibility index (Phi) is 9.25. The van der Waals surface area contributed by atoms with Crippen LogP contribution >= 0.6 is 11.6 Å². The van der Waals surface area contributed by atoms with Crippen molar-refractivity contribution in [3.05, 3.63) is 124 Å². The van der Waals surface area contributed by atoms with Crippen LogP contribution in [0, 0.1) is 0 Å². The lowest BCUT2D eigenvalue weighted by Gasteiger charge is -2.32. The van der Waals surface area contributed by atoms with Gasteiger partial charge in [0.05, 0.1) is 0 Å². The van der Waals surface area contributed by atoms with Gasteiger partial charge in [0.2, 0.25) is 0 Å². The maximum atomic E-state index is 13.4. The number of rotatable bonds is 10. The molecule has 2 amide bonds. The van der Waals surface area contributed by atoms with E-state index in [0.29, 0.717) is 46.1 Å². The lowest BCUT2D eigenvalue weighted by molar-refractivity contribution is -0.142. The van der Waals surface area contributed by atoms with Crippen LogP contribution in [0.4, 0.5) is 5.69 Å². The summed E-state index contributed by atoms with van der Waals surface area (Å²) >= 11 is 6.04. The molecule has 4 rings (SSSR count). The normalized spacial score (nSPS) is 12.3. The van der Waals surface area contributed by atoms with Gasteiger partial charge >= 0.3 is 5.97 Å². The Hall–Kier alpha value is -4.42. The van der Waals surface area contributed by atoms with Gasteiger partial charge in [-0.2, -0.15) is 0 Å². The minimum atomic E-state index is -1.46. The van der Waals surface area contributed by atoms with Crippen molar-refractivity contribution < 1.29 is 19.5 Å². The molecule has 0 radical (unpaired) electrons. The van der Waals surface area contributed by atoms with Crippen LogP contribution in [-0.2, 0) is 10.2 Å². The number of carbonyl (C=O) groups is 3. The van der Waals surface area contributed by atoms with Gasteiger partial charge in [-0.1, -0.05) is 79.2 Å². The number of carboxylic acids is 1. The van der Waals surface area contributed by atoms with Crippen LogP contribution in [0.2, 0.25) is 5.02 Å². The van der Waals surface area contributed by atoms with E-state index in [2.05, 4.69) is 5.32 Å². The fraction of sp³-hybridized carbons (Fsp3) is 0.206. The lowest BCUT2D eigenvalue weighted by atomic mass is 9.70. The number of halogens is 1. The van der Waals surface area contributed by atoms with Crippen LogP contribution in [0.1, 0.15) is 59.0 Å². The molecule has 7 heteroatoms. The Morgan fingerprint density at radius 2 is 1.37 bits per heavy atom. The van der Waals surface area contributed by atoms with Crippen molar-refractivity contribution in [3.63, 3.8) is 0 Å². The monoisotopic (exact) mass is 568 g/mol. The molecule has 0 aromatic heterocycles. The van der Waals surface area contributed by atoms with Crippen molar-refractivity contribution in [2.45, 2.75) is 32.6 Å². The molecule has 0 heterocycles. The minimum Gasteiger partial charge on any atom is -0.480 e. The molecule has 2 N–H and O–H groups in total. The third-order valence-corrected chi connectivity index (χ3v) is 7.78. The van der Waals surface area contributed by atoms with E-state index in [4.69, 9.17) is 11.6 Å². The number of amides is 2. The quantitative estimate of drug-likeness (QED) is 0.207. The van der Waals surface area contributed by atoms with Crippen LogP contribution in [0.15, 0.2) is 97.1 Å². The van der Waals surface area contributed by atoms with Crippen molar-refractivity contribution in [3.8, 4) is 11.1 Å². The summed E-state index contributed by atoms with van der Waals surface area (Å²) in [7, 11) is 0. The molecule has 0 aliphatic carbocycles. The zero-order valence-corrected chi connectivity index (χ0v) is 24.1. The van der Waals surface area contributed by atoms with Gasteiger partial charge in [0.25, 0.3) is 11.8 Å². The molecule has 0 saturated carbocycles. The van der Waals surface area contributed by atoms with E-state index >= 15 is 0 Å². The van der Waals surface area contributed by atoms with Gasteiger partial charge in [-0.3, -0.25) is 14.4 Å². The number of benzene rings is 4. The molecular weight excluding hydrogens is 536 g/mol. The van der Waals surface area contributed by atoms with Crippen LogP contribution in [0.25, 0.3) is 11.1 Å². The van der Waals surface area contributed by atoms with Crippen molar-refractivity contribution in [2.75, 3.05) is 18.4 Å². The average molecular weight is 569 g/mol. The molecule has 210 valence electrons. The van der Waals surface area contributed by atoms with Gasteiger partial charge in [-0.15, -0.1) is 0 Å². The summed E-state index contributed by atoms with van der Waals surface area (Å²) in [5.74, 6) is -1.54. The topological polar surface area (TPSA) is 86.7 Å². The van der Waals surface area contributed by atoms with Crippen LogP contribution in [0.3, 0.4) is 0 Å². The first-order chi connectivity index (χ1) is 19.8. The van der Waals surface area contributed by atoms with E-state index < -0.39 is 11.4 Å². The number of hydrogen-bond donors (Lipinski definition) is 2. The molecule has 0 aliphatic rings. The lowest BCUT2D eigenvalue weighted by Crippen LogP contribution is -2.40. The number of hydrogen-bond acceptors (Lipinski definition) is 3. The van der Waals surface area contributed by atoms with Gasteiger partial charge < -0.3 is 15.3 Å². The Balaban J connectivity index is 1.68. The number of carbonyl (C=O) groups excluding carboxylic acids is 2. The highest BCUT2D eigenvalue weighted by molar-refractivity contribution is 6.30. The zero-order valence-electron chi connectivity index (χ0n) is 23.4. The predicted octanol–water partition coefficient (Wildman–Crippen LogP) is 7.52. The molecule has 0 fully saturated rings. The van der Waals surface area contributed by atoms with E-state index in [1.807, 2.05) is 38.1 Å². The Morgan fingerprint density at radius 1 is 0.780 bits per heavy atom. The second-order valence-corrected chi connectivity index (χ2v) is 10.1. The smallest absolute Gasteiger partial charge is 0.318 e. The standard InChI is InChI=1S/C34H33ClN2O4/c1-4-34(33(40)41,30-14-10-9-13-29(30)32(39)37(5-2)6-3)24-17-21-26(22-18-24)36-31(38)28-12-8-7-11-27(28)23-15-19-25(35)20-16-23/h7-22H,4-6H2,1-3H3,(H,36,38)(H,40,41). The molecule has 0 saturated heterocycles. The number of anilines is 1. The van der Waals surface area contributed by atoms with Crippen LogP contribution < -0.4 is 5.32 Å². The van der Waals surface area contributed by atoms with E-state index in [1.165, 1.54) is 0 Å². The number of carboxylic acid groups (broad SMARTS) is 1. The zero-order chi connectivity index (χ0) is 29.6. The van der Waals surface area contributed by atoms with Gasteiger partial charge in [-0.25, -0.2) is 0 Å². The summed E-state index contributed by atoms with van der Waals surface area (Å²) in [6.45, 7) is 6.64. The molecule has 1 atom stereocenters. The van der Waals surface area contributed by atoms with E-state index in [0.717, 1.165) is 11.1 Å². The summed E-state index contributed by atoms with van der Waals surface area (Å²) in [5.41, 5.74) is 2.53. The predicted molar refractivity (Wildman–Crippen MR) is 164 cm³/mol. The molecule has 4 aromatic rings. The van der Waals surface area contributed by atoms with Crippen molar-refractivity contribution in [1.82, 2.24) is 4.90 Å². The van der Waals surface area contributed by atoms with Gasteiger partial charge in [0, 0.05) is 34.9 Å². The molecule has 6 nitrogen and oxygen atoms in total. The molecule has 41 heavy (non-hydrogen) atoms. The first-order valence-corrected chi connectivity index (χ1v) is 14.0. The fourth-order valence-electron chi connectivity index (χ4n) is 5.26. The summed E-state index contributed by atoms with van der Waals surface area (Å²) in [5, 5.41) is 14.1. The van der Waals surface area contributed by atoms with Gasteiger partial charge in [0.1, 0.15) is 5.41 Å². The first kappa shape index (κ1) is 29.6. The van der Waals surface area contributed by atoms with E-state index in [-0.39, 0.29) is 18.2 Å². The summed E-state index contributed by atoms with van der Waals surface area (Å²) in [6.07, 6.45) is 0.227. The van der Waals surface area contributed by atoms with Crippen molar-refractivity contribution in [2.24, 2.45) is 0 Å². The molecule has 0 spiro atoms. The fourth-order valence-corrected chi connectivity index (χ4v) is 5.39. The molecule has 0 aliphatic heterocycles. The third kappa shape index (κ3) is 5.88. The third-order valence-electron chi connectivity index (χ3n) is 7.53. The van der Waals surface area contributed by atoms with Gasteiger partial charge in [0.15, 0.2) is 0 Å².